The zero-order chi connectivity index (χ0) is 14.5. The van der Waals surface area contributed by atoms with Crippen molar-refractivity contribution in [3.8, 4) is 0 Å². The van der Waals surface area contributed by atoms with Crippen molar-refractivity contribution >= 4 is 17.6 Å². The summed E-state index contributed by atoms with van der Waals surface area (Å²) in [6.07, 6.45) is 1.77. The third kappa shape index (κ3) is 1.64. The highest BCUT2D eigenvalue weighted by Gasteiger charge is 2.50. The Labute approximate surface area is 117 Å². The molecule has 1 aliphatic heterocycles. The van der Waals surface area contributed by atoms with Gasteiger partial charge in [-0.15, -0.1) is 0 Å². The van der Waals surface area contributed by atoms with Crippen LogP contribution in [0.25, 0.3) is 0 Å². The van der Waals surface area contributed by atoms with Crippen LogP contribution >= 0.6 is 0 Å². The highest BCUT2D eigenvalue weighted by atomic mass is 16.2. The number of benzene rings is 1. The molecule has 4 heteroatoms. The molecule has 0 N–H and O–H groups in total. The van der Waals surface area contributed by atoms with E-state index in [4.69, 9.17) is 0 Å². The molecule has 0 saturated carbocycles. The molecule has 1 unspecified atom stereocenters. The highest BCUT2D eigenvalue weighted by Crippen LogP contribution is 2.44. The van der Waals surface area contributed by atoms with Gasteiger partial charge in [0.15, 0.2) is 5.78 Å². The van der Waals surface area contributed by atoms with Crippen molar-refractivity contribution < 1.29 is 14.4 Å². The van der Waals surface area contributed by atoms with Crippen molar-refractivity contribution in [2.24, 2.45) is 0 Å². The average Bonchev–Trinajstić information content (AvgIpc) is 2.44. The van der Waals surface area contributed by atoms with Gasteiger partial charge < -0.3 is 0 Å². The number of piperidine rings is 1. The van der Waals surface area contributed by atoms with Crippen molar-refractivity contribution in [3.63, 3.8) is 0 Å². The van der Waals surface area contributed by atoms with Crippen LogP contribution in [-0.4, -0.2) is 29.5 Å². The molecule has 1 atom stereocenters. The Morgan fingerprint density at radius 3 is 2.55 bits per heavy atom. The van der Waals surface area contributed by atoms with Crippen molar-refractivity contribution in [2.45, 2.75) is 38.0 Å². The maximum Gasteiger partial charge on any atom is 0.239 e. The van der Waals surface area contributed by atoms with Crippen LogP contribution in [0.1, 0.15) is 47.2 Å². The summed E-state index contributed by atoms with van der Waals surface area (Å²) in [6, 6.07) is 5.69. The molecule has 0 radical (unpaired) electrons. The molecular formula is C16H17NO3. The van der Waals surface area contributed by atoms with Crippen LogP contribution in [0.5, 0.6) is 0 Å². The smallest absolute Gasteiger partial charge is 0.239 e. The fourth-order valence-corrected chi connectivity index (χ4v) is 3.41. The Hall–Kier alpha value is -1.97. The van der Waals surface area contributed by atoms with E-state index in [9.17, 15) is 14.4 Å². The molecule has 1 aromatic rings. The SMILES string of the molecule is Cc1ccc2c(c1)C(=O)CCC21CCC(=O)N(C)C1=O. The molecule has 1 aliphatic carbocycles. The predicted molar refractivity (Wildman–Crippen MR) is 73.4 cm³/mol. The van der Waals surface area contributed by atoms with Crippen LogP contribution in [0.3, 0.4) is 0 Å². The summed E-state index contributed by atoms with van der Waals surface area (Å²) in [5.74, 6) is -0.195. The molecular weight excluding hydrogens is 254 g/mol. The summed E-state index contributed by atoms with van der Waals surface area (Å²) in [5.41, 5.74) is 1.80. The lowest BCUT2D eigenvalue weighted by Gasteiger charge is -2.42. The molecule has 20 heavy (non-hydrogen) atoms. The second kappa shape index (κ2) is 4.27. The van der Waals surface area contributed by atoms with E-state index in [1.54, 1.807) is 0 Å². The Bertz CT molecular complexity index is 635. The van der Waals surface area contributed by atoms with Gasteiger partial charge in [-0.05, 0) is 31.4 Å². The number of carbonyl (C=O) groups excluding carboxylic acids is 3. The Kier molecular flexibility index (Phi) is 2.78. The van der Waals surface area contributed by atoms with E-state index < -0.39 is 5.41 Å². The number of Topliss-reactive ketones (excluding diaryl/α,β-unsaturated/α-hetero) is 1. The van der Waals surface area contributed by atoms with Gasteiger partial charge in [0.2, 0.25) is 11.8 Å². The van der Waals surface area contributed by atoms with Gasteiger partial charge in [-0.1, -0.05) is 17.7 Å². The number of fused-ring (bicyclic) bond motifs is 2. The summed E-state index contributed by atoms with van der Waals surface area (Å²) < 4.78 is 0. The number of aryl methyl sites for hydroxylation is 1. The summed E-state index contributed by atoms with van der Waals surface area (Å²) in [7, 11) is 1.54. The first-order valence-electron chi connectivity index (χ1n) is 6.91. The number of likely N-dealkylation sites (tertiary alicyclic amines) is 1. The molecule has 3 rings (SSSR count). The molecule has 1 fully saturated rings. The number of imide groups is 1. The van der Waals surface area contributed by atoms with Crippen LogP contribution in [0.15, 0.2) is 18.2 Å². The van der Waals surface area contributed by atoms with Gasteiger partial charge in [-0.2, -0.15) is 0 Å². The molecule has 1 aromatic carbocycles. The number of hydrogen-bond acceptors (Lipinski definition) is 3. The fraction of sp³-hybridized carbons (Fsp3) is 0.438. The number of hydrogen-bond donors (Lipinski definition) is 0. The lowest BCUT2D eigenvalue weighted by atomic mass is 9.64. The van der Waals surface area contributed by atoms with E-state index in [2.05, 4.69) is 0 Å². The Balaban J connectivity index is 2.17. The van der Waals surface area contributed by atoms with Gasteiger partial charge in [-0.3, -0.25) is 19.3 Å². The standard InChI is InChI=1S/C16H17NO3/c1-10-3-4-12-11(9-10)13(18)5-7-16(12)8-6-14(19)17(2)15(16)20/h3-4,9H,5-8H2,1-2H3. The minimum atomic E-state index is -0.681. The van der Waals surface area contributed by atoms with E-state index in [0.29, 0.717) is 31.2 Å². The first-order chi connectivity index (χ1) is 9.45. The number of rotatable bonds is 0. The van der Waals surface area contributed by atoms with Crippen LogP contribution in [0.2, 0.25) is 0 Å². The largest absolute Gasteiger partial charge is 0.294 e. The first kappa shape index (κ1) is 13.0. The number of carbonyl (C=O) groups is 3. The van der Waals surface area contributed by atoms with Gasteiger partial charge in [0.1, 0.15) is 0 Å². The third-order valence-electron chi connectivity index (χ3n) is 4.62. The Morgan fingerprint density at radius 1 is 1.10 bits per heavy atom. The molecule has 1 saturated heterocycles. The van der Waals surface area contributed by atoms with E-state index in [1.807, 2.05) is 25.1 Å². The van der Waals surface area contributed by atoms with Crippen LogP contribution in [0, 0.1) is 6.92 Å². The van der Waals surface area contributed by atoms with Gasteiger partial charge in [0.25, 0.3) is 0 Å². The molecule has 0 aromatic heterocycles. The molecule has 104 valence electrons. The second-order valence-corrected chi connectivity index (χ2v) is 5.81. The maximum absolute atomic E-state index is 12.7. The van der Waals surface area contributed by atoms with Crippen molar-refractivity contribution in [1.82, 2.24) is 4.90 Å². The molecule has 2 amide bonds. The summed E-state index contributed by atoms with van der Waals surface area (Å²) in [4.78, 5) is 37.7. The topological polar surface area (TPSA) is 54.5 Å². The lowest BCUT2D eigenvalue weighted by molar-refractivity contribution is -0.152. The maximum atomic E-state index is 12.7. The van der Waals surface area contributed by atoms with Gasteiger partial charge in [0, 0.05) is 25.5 Å². The minimum absolute atomic E-state index is 0.0988. The summed E-state index contributed by atoms with van der Waals surface area (Å²) in [5, 5.41) is 0. The molecule has 0 bridgehead atoms. The quantitative estimate of drug-likeness (QED) is 0.678. The van der Waals surface area contributed by atoms with E-state index >= 15 is 0 Å². The van der Waals surface area contributed by atoms with Crippen molar-refractivity contribution in [2.75, 3.05) is 7.05 Å². The molecule has 1 spiro atoms. The number of ketones is 1. The van der Waals surface area contributed by atoms with Crippen LogP contribution in [0.4, 0.5) is 0 Å². The lowest BCUT2D eigenvalue weighted by Crippen LogP contribution is -2.54. The molecule has 4 nitrogen and oxygen atoms in total. The minimum Gasteiger partial charge on any atom is -0.294 e. The zero-order valence-electron chi connectivity index (χ0n) is 11.7. The fourth-order valence-electron chi connectivity index (χ4n) is 3.41. The van der Waals surface area contributed by atoms with Crippen LogP contribution < -0.4 is 0 Å². The van der Waals surface area contributed by atoms with E-state index in [1.165, 1.54) is 11.9 Å². The second-order valence-electron chi connectivity index (χ2n) is 5.81. The van der Waals surface area contributed by atoms with Crippen molar-refractivity contribution in [1.29, 1.82) is 0 Å². The predicted octanol–water partition coefficient (Wildman–Crippen LogP) is 1.99. The van der Waals surface area contributed by atoms with Crippen LogP contribution in [-0.2, 0) is 15.0 Å². The molecule has 2 aliphatic rings. The first-order valence-corrected chi connectivity index (χ1v) is 6.91. The van der Waals surface area contributed by atoms with E-state index in [-0.39, 0.29) is 17.6 Å². The average molecular weight is 271 g/mol. The third-order valence-corrected chi connectivity index (χ3v) is 4.62. The highest BCUT2D eigenvalue weighted by molar-refractivity contribution is 6.08. The zero-order valence-corrected chi connectivity index (χ0v) is 11.7. The van der Waals surface area contributed by atoms with Gasteiger partial charge >= 0.3 is 0 Å². The summed E-state index contributed by atoms with van der Waals surface area (Å²) >= 11 is 0. The number of likely N-dealkylation sites (N-methyl/N-ethyl adjacent to an activating group) is 1. The molecule has 1 heterocycles. The van der Waals surface area contributed by atoms with E-state index in [0.717, 1.165) is 11.1 Å². The monoisotopic (exact) mass is 271 g/mol. The number of amides is 2. The number of nitrogens with zero attached hydrogens (tertiary/aromatic N) is 1. The van der Waals surface area contributed by atoms with Crippen molar-refractivity contribution in [3.05, 3.63) is 34.9 Å². The van der Waals surface area contributed by atoms with Gasteiger partial charge in [-0.25, -0.2) is 0 Å². The van der Waals surface area contributed by atoms with Gasteiger partial charge in [0.05, 0.1) is 5.41 Å². The Morgan fingerprint density at radius 2 is 1.80 bits per heavy atom. The summed E-state index contributed by atoms with van der Waals surface area (Å²) in [6.45, 7) is 1.94. The normalized spacial score (nSPS) is 26.1.